The molecule has 0 heterocycles. The molecule has 166 valence electrons. The Bertz CT molecular complexity index is 1020. The van der Waals surface area contributed by atoms with Crippen molar-refractivity contribution in [3.05, 3.63) is 71.1 Å². The van der Waals surface area contributed by atoms with Crippen LogP contribution in [0.3, 0.4) is 0 Å². The number of hydrogen-bond acceptors (Lipinski definition) is 3. The smallest absolute Gasteiger partial charge is 0.349 e. The number of amides is 1. The van der Waals surface area contributed by atoms with Gasteiger partial charge in [0.05, 0.1) is 11.3 Å². The Morgan fingerprint density at radius 2 is 1.68 bits per heavy atom. The molecular formula is C22H23F3N2O3S. The van der Waals surface area contributed by atoms with Crippen molar-refractivity contribution in [2.45, 2.75) is 37.9 Å². The first-order valence-corrected chi connectivity index (χ1v) is 11.4. The largest absolute Gasteiger partial charge is 0.391 e. The number of nitrogens with one attached hydrogen (secondary N) is 2. The summed E-state index contributed by atoms with van der Waals surface area (Å²) in [5, 5.41) is 3.70. The molecule has 1 fully saturated rings. The number of anilines is 1. The molecule has 5 nitrogen and oxygen atoms in total. The third-order valence-electron chi connectivity index (χ3n) is 5.12. The highest BCUT2D eigenvalue weighted by Crippen LogP contribution is 2.37. The highest BCUT2D eigenvalue weighted by molar-refractivity contribution is 7.95. The second kappa shape index (κ2) is 9.55. The third kappa shape index (κ3) is 6.85. The lowest BCUT2D eigenvalue weighted by atomic mass is 9.85. The summed E-state index contributed by atoms with van der Waals surface area (Å²) in [5.74, 6) is -1.88. The molecule has 0 aromatic heterocycles. The zero-order valence-corrected chi connectivity index (χ0v) is 17.4. The van der Waals surface area contributed by atoms with Crippen LogP contribution in [0, 0.1) is 5.92 Å². The van der Waals surface area contributed by atoms with Crippen molar-refractivity contribution in [3.63, 3.8) is 0 Å². The van der Waals surface area contributed by atoms with E-state index in [0.717, 1.165) is 11.0 Å². The van der Waals surface area contributed by atoms with Gasteiger partial charge in [-0.3, -0.25) is 9.52 Å². The predicted molar refractivity (Wildman–Crippen MR) is 114 cm³/mol. The van der Waals surface area contributed by atoms with Crippen LogP contribution in [0.5, 0.6) is 0 Å². The van der Waals surface area contributed by atoms with E-state index in [9.17, 15) is 26.4 Å². The molecule has 0 radical (unpaired) electrons. The molecule has 3 rings (SSSR count). The lowest BCUT2D eigenvalue weighted by Gasteiger charge is -2.31. The fourth-order valence-corrected chi connectivity index (χ4v) is 4.38. The van der Waals surface area contributed by atoms with E-state index >= 15 is 0 Å². The minimum atomic E-state index is -4.25. The van der Waals surface area contributed by atoms with Gasteiger partial charge in [-0.1, -0.05) is 36.8 Å². The SMILES string of the molecule is O=C(NC1CCCC(C(F)(F)F)C1)c1ccc(NS(=O)(=O)/C=C/c2ccccc2)cc1. The molecule has 1 saturated carbocycles. The van der Waals surface area contributed by atoms with Crippen molar-refractivity contribution in [3.8, 4) is 0 Å². The zero-order valence-electron chi connectivity index (χ0n) is 16.6. The van der Waals surface area contributed by atoms with Gasteiger partial charge in [-0.15, -0.1) is 0 Å². The fourth-order valence-electron chi connectivity index (χ4n) is 3.51. The quantitative estimate of drug-likeness (QED) is 0.651. The number of carbonyl (C=O) groups excluding carboxylic acids is 1. The van der Waals surface area contributed by atoms with Crippen LogP contribution in [-0.2, 0) is 10.0 Å². The molecular weight excluding hydrogens is 429 g/mol. The van der Waals surface area contributed by atoms with Crippen LogP contribution in [0.1, 0.15) is 41.6 Å². The van der Waals surface area contributed by atoms with E-state index < -0.39 is 34.1 Å². The summed E-state index contributed by atoms with van der Waals surface area (Å²) in [7, 11) is -3.75. The zero-order chi connectivity index (χ0) is 22.5. The second-order valence-electron chi connectivity index (χ2n) is 7.51. The van der Waals surface area contributed by atoms with E-state index in [2.05, 4.69) is 10.0 Å². The van der Waals surface area contributed by atoms with Crippen molar-refractivity contribution < 1.29 is 26.4 Å². The van der Waals surface area contributed by atoms with Gasteiger partial charge in [0.25, 0.3) is 15.9 Å². The van der Waals surface area contributed by atoms with Crippen LogP contribution in [0.15, 0.2) is 60.0 Å². The van der Waals surface area contributed by atoms with E-state index in [1.807, 2.05) is 6.07 Å². The normalized spacial score (nSPS) is 19.8. The first kappa shape index (κ1) is 22.9. The third-order valence-corrected chi connectivity index (χ3v) is 6.13. The molecule has 2 aromatic rings. The average Bonchev–Trinajstić information content (AvgIpc) is 2.73. The molecule has 1 aliphatic rings. The minimum Gasteiger partial charge on any atom is -0.349 e. The van der Waals surface area contributed by atoms with Gasteiger partial charge in [0, 0.05) is 17.3 Å². The molecule has 31 heavy (non-hydrogen) atoms. The molecule has 2 unspecified atom stereocenters. The van der Waals surface area contributed by atoms with Crippen molar-refractivity contribution in [2.75, 3.05) is 4.72 Å². The van der Waals surface area contributed by atoms with Crippen LogP contribution >= 0.6 is 0 Å². The van der Waals surface area contributed by atoms with E-state index in [0.29, 0.717) is 12.8 Å². The molecule has 0 aliphatic heterocycles. The summed E-state index contributed by atoms with van der Waals surface area (Å²) in [6, 6.07) is 14.1. The van der Waals surface area contributed by atoms with Crippen LogP contribution in [0.2, 0.25) is 0 Å². The van der Waals surface area contributed by atoms with Gasteiger partial charge in [0.2, 0.25) is 0 Å². The van der Waals surface area contributed by atoms with Gasteiger partial charge in [-0.05, 0) is 55.2 Å². The van der Waals surface area contributed by atoms with Gasteiger partial charge in [0.1, 0.15) is 0 Å². The molecule has 2 N–H and O–H groups in total. The summed E-state index contributed by atoms with van der Waals surface area (Å²) in [4.78, 5) is 12.4. The monoisotopic (exact) mass is 452 g/mol. The second-order valence-corrected chi connectivity index (χ2v) is 9.08. The molecule has 2 atom stereocenters. The average molecular weight is 452 g/mol. The molecule has 0 bridgehead atoms. The van der Waals surface area contributed by atoms with Crippen LogP contribution in [-0.4, -0.2) is 26.5 Å². The predicted octanol–water partition coefficient (Wildman–Crippen LogP) is 4.95. The Labute approximate surface area is 179 Å². The van der Waals surface area contributed by atoms with Gasteiger partial charge in [-0.2, -0.15) is 13.2 Å². The molecule has 9 heteroatoms. The fraction of sp³-hybridized carbons (Fsp3) is 0.318. The highest BCUT2D eigenvalue weighted by atomic mass is 32.2. The van der Waals surface area contributed by atoms with Gasteiger partial charge >= 0.3 is 6.18 Å². The molecule has 2 aromatic carbocycles. The molecule has 1 amide bonds. The van der Waals surface area contributed by atoms with Crippen molar-refractivity contribution in [1.82, 2.24) is 5.32 Å². The van der Waals surface area contributed by atoms with E-state index in [1.165, 1.54) is 30.3 Å². The van der Waals surface area contributed by atoms with E-state index in [1.54, 1.807) is 24.3 Å². The number of alkyl halides is 3. The summed E-state index contributed by atoms with van der Waals surface area (Å²) in [5.41, 5.74) is 1.25. The topological polar surface area (TPSA) is 75.3 Å². The van der Waals surface area contributed by atoms with E-state index in [4.69, 9.17) is 0 Å². The maximum Gasteiger partial charge on any atom is 0.391 e. The highest BCUT2D eigenvalue weighted by Gasteiger charge is 2.42. The Morgan fingerprint density at radius 3 is 2.32 bits per heavy atom. The van der Waals surface area contributed by atoms with Gasteiger partial charge < -0.3 is 5.32 Å². The maximum atomic E-state index is 12.9. The number of rotatable bonds is 6. The van der Waals surface area contributed by atoms with Crippen LogP contribution in [0.4, 0.5) is 18.9 Å². The molecule has 0 spiro atoms. The Balaban J connectivity index is 1.58. The van der Waals surface area contributed by atoms with Gasteiger partial charge in [0.15, 0.2) is 0 Å². The van der Waals surface area contributed by atoms with Gasteiger partial charge in [-0.25, -0.2) is 8.42 Å². The lowest BCUT2D eigenvalue weighted by Crippen LogP contribution is -2.41. The molecule has 0 saturated heterocycles. The Morgan fingerprint density at radius 1 is 1.00 bits per heavy atom. The number of halogens is 3. The minimum absolute atomic E-state index is 0.0867. The standard InChI is InChI=1S/C22H23F3N2O3S/c23-22(24,25)18-7-4-8-20(15-18)26-21(28)17-9-11-19(12-10-17)27-31(29,30)14-13-16-5-2-1-3-6-16/h1-3,5-6,9-14,18,20,27H,4,7-8,15H2,(H,26,28)/b14-13+. The number of benzene rings is 2. The maximum absolute atomic E-state index is 12.9. The summed E-state index contributed by atoms with van der Waals surface area (Å²) < 4.78 is 65.6. The summed E-state index contributed by atoms with van der Waals surface area (Å²) in [6.45, 7) is 0. The number of hydrogen-bond donors (Lipinski definition) is 2. The number of sulfonamides is 1. The van der Waals surface area contributed by atoms with Crippen molar-refractivity contribution >= 4 is 27.7 Å². The van der Waals surface area contributed by atoms with Crippen molar-refractivity contribution in [1.29, 1.82) is 0 Å². The van der Waals surface area contributed by atoms with Crippen LogP contribution < -0.4 is 10.0 Å². The lowest BCUT2D eigenvalue weighted by molar-refractivity contribution is -0.183. The van der Waals surface area contributed by atoms with Crippen molar-refractivity contribution in [2.24, 2.45) is 5.92 Å². The van der Waals surface area contributed by atoms with E-state index in [-0.39, 0.29) is 24.1 Å². The summed E-state index contributed by atoms with van der Waals surface area (Å²) >= 11 is 0. The Hall–Kier alpha value is -2.81. The van der Waals surface area contributed by atoms with Crippen LogP contribution in [0.25, 0.3) is 6.08 Å². The Kier molecular flexibility index (Phi) is 7.04. The first-order valence-electron chi connectivity index (χ1n) is 9.86. The summed E-state index contributed by atoms with van der Waals surface area (Å²) in [6.07, 6.45) is -1.92. The molecule has 1 aliphatic carbocycles. The number of carbonyl (C=O) groups is 1. The first-order chi connectivity index (χ1) is 14.6.